The summed E-state index contributed by atoms with van der Waals surface area (Å²) >= 11 is 0. The number of halogens is 3. The highest BCUT2D eigenvalue weighted by molar-refractivity contribution is 5.92. The fraction of sp³-hybridized carbons (Fsp3) is 0.419. The van der Waals surface area contributed by atoms with E-state index in [1.165, 1.54) is 43.9 Å². The van der Waals surface area contributed by atoms with Gasteiger partial charge in [-0.25, -0.2) is 15.0 Å². The Kier molecular flexibility index (Phi) is 8.97. The molecule has 1 aromatic carbocycles. The molecule has 0 spiro atoms. The molecule has 0 bridgehead atoms. The molecule has 1 saturated heterocycles. The van der Waals surface area contributed by atoms with Crippen LogP contribution in [-0.4, -0.2) is 55.8 Å². The average Bonchev–Trinajstić information content (AvgIpc) is 3.51. The molecular weight excluding hydrogens is 529 g/mol. The van der Waals surface area contributed by atoms with E-state index in [2.05, 4.69) is 25.2 Å². The van der Waals surface area contributed by atoms with Gasteiger partial charge in [0.2, 0.25) is 5.91 Å². The van der Waals surface area contributed by atoms with Crippen molar-refractivity contribution in [1.82, 2.24) is 24.8 Å². The minimum atomic E-state index is -4.39. The first-order chi connectivity index (χ1) is 19.7. The molecule has 1 amide bonds. The lowest BCUT2D eigenvalue weighted by molar-refractivity contribution is -0.137. The van der Waals surface area contributed by atoms with Crippen molar-refractivity contribution >= 4 is 23.6 Å². The lowest BCUT2D eigenvalue weighted by atomic mass is 10.00. The molecule has 2 fully saturated rings. The molecule has 1 aliphatic carbocycles. The van der Waals surface area contributed by atoms with E-state index in [1.54, 1.807) is 24.5 Å². The van der Waals surface area contributed by atoms with Crippen LogP contribution in [0, 0.1) is 6.92 Å². The molecule has 0 radical (unpaired) electrons. The zero-order valence-corrected chi connectivity index (χ0v) is 23.1. The molecule has 1 saturated carbocycles. The Labute approximate surface area is 238 Å². The zero-order valence-electron chi connectivity index (χ0n) is 23.1. The van der Waals surface area contributed by atoms with Crippen LogP contribution in [0.3, 0.4) is 0 Å². The summed E-state index contributed by atoms with van der Waals surface area (Å²) in [5, 5.41) is 3.16. The SMILES string of the molecule is Cc1nccc(Nc2ccc(CN(C(=O)/C=C/c3ccc(C(F)(F)F)cc3)C3CCN(C4CCCC4)CC3)cn2)n1. The van der Waals surface area contributed by atoms with Crippen molar-refractivity contribution in [3.05, 3.63) is 83.4 Å². The Balaban J connectivity index is 1.28. The first-order valence-corrected chi connectivity index (χ1v) is 14.2. The van der Waals surface area contributed by atoms with E-state index < -0.39 is 11.7 Å². The molecule has 3 heterocycles. The Morgan fingerprint density at radius 3 is 2.37 bits per heavy atom. The van der Waals surface area contributed by atoms with Gasteiger partial charge in [0.05, 0.1) is 5.56 Å². The second-order valence-electron chi connectivity index (χ2n) is 10.8. The third-order valence-electron chi connectivity index (χ3n) is 7.93. The fourth-order valence-electron chi connectivity index (χ4n) is 5.71. The van der Waals surface area contributed by atoms with E-state index in [-0.39, 0.29) is 11.9 Å². The number of pyridine rings is 1. The van der Waals surface area contributed by atoms with Gasteiger partial charge in [-0.3, -0.25) is 4.79 Å². The van der Waals surface area contributed by atoms with E-state index in [4.69, 9.17) is 0 Å². The van der Waals surface area contributed by atoms with Crippen molar-refractivity contribution in [2.24, 2.45) is 0 Å². The summed E-state index contributed by atoms with van der Waals surface area (Å²) in [6.07, 6.45) is 8.94. The lowest BCUT2D eigenvalue weighted by Crippen LogP contribution is -2.48. The summed E-state index contributed by atoms with van der Waals surface area (Å²) < 4.78 is 38.8. The minimum Gasteiger partial charge on any atom is -0.332 e. The van der Waals surface area contributed by atoms with Gasteiger partial charge in [0.25, 0.3) is 0 Å². The number of hydrogen-bond donors (Lipinski definition) is 1. The topological polar surface area (TPSA) is 74.2 Å². The minimum absolute atomic E-state index is 0.0687. The highest BCUT2D eigenvalue weighted by Crippen LogP contribution is 2.30. The van der Waals surface area contributed by atoms with Crippen molar-refractivity contribution in [3.63, 3.8) is 0 Å². The normalized spacial score (nSPS) is 17.3. The van der Waals surface area contributed by atoms with Gasteiger partial charge in [0.1, 0.15) is 17.5 Å². The Morgan fingerprint density at radius 1 is 1.00 bits per heavy atom. The Bertz CT molecular complexity index is 1330. The average molecular weight is 565 g/mol. The van der Waals surface area contributed by atoms with E-state index in [0.29, 0.717) is 35.6 Å². The van der Waals surface area contributed by atoms with Crippen LogP contribution in [-0.2, 0) is 17.5 Å². The number of aromatic nitrogens is 3. The Hall–Kier alpha value is -3.79. The molecule has 3 aromatic rings. The van der Waals surface area contributed by atoms with Crippen LogP contribution >= 0.6 is 0 Å². The number of rotatable bonds is 8. The van der Waals surface area contributed by atoms with Crippen molar-refractivity contribution in [2.75, 3.05) is 18.4 Å². The van der Waals surface area contributed by atoms with Crippen molar-refractivity contribution in [1.29, 1.82) is 0 Å². The molecule has 1 aliphatic heterocycles. The number of carbonyl (C=O) groups is 1. The number of carbonyl (C=O) groups excluding carboxylic acids is 1. The number of amides is 1. The highest BCUT2D eigenvalue weighted by Gasteiger charge is 2.32. The van der Waals surface area contributed by atoms with Crippen molar-refractivity contribution in [2.45, 2.75) is 70.3 Å². The zero-order chi connectivity index (χ0) is 28.8. The first kappa shape index (κ1) is 28.7. The van der Waals surface area contributed by atoms with E-state index in [0.717, 1.165) is 43.6 Å². The van der Waals surface area contributed by atoms with Crippen LogP contribution in [0.5, 0.6) is 0 Å². The van der Waals surface area contributed by atoms with Gasteiger partial charge < -0.3 is 15.1 Å². The molecule has 0 atom stereocenters. The maximum Gasteiger partial charge on any atom is 0.416 e. The fourth-order valence-corrected chi connectivity index (χ4v) is 5.71. The molecule has 41 heavy (non-hydrogen) atoms. The molecule has 7 nitrogen and oxygen atoms in total. The van der Waals surface area contributed by atoms with Gasteiger partial charge in [-0.2, -0.15) is 13.2 Å². The number of nitrogens with zero attached hydrogens (tertiary/aromatic N) is 5. The lowest BCUT2D eigenvalue weighted by Gasteiger charge is -2.40. The predicted molar refractivity (Wildman–Crippen MR) is 152 cm³/mol. The quantitative estimate of drug-likeness (QED) is 0.320. The van der Waals surface area contributed by atoms with Crippen LogP contribution in [0.25, 0.3) is 6.08 Å². The molecule has 2 aliphatic rings. The first-order valence-electron chi connectivity index (χ1n) is 14.2. The van der Waals surface area contributed by atoms with Crippen LogP contribution < -0.4 is 5.32 Å². The molecule has 1 N–H and O–H groups in total. The number of likely N-dealkylation sites (tertiary alicyclic amines) is 1. The number of hydrogen-bond acceptors (Lipinski definition) is 6. The van der Waals surface area contributed by atoms with Gasteiger partial charge in [0.15, 0.2) is 0 Å². The second-order valence-corrected chi connectivity index (χ2v) is 10.8. The Morgan fingerprint density at radius 2 is 1.73 bits per heavy atom. The number of piperidine rings is 1. The highest BCUT2D eigenvalue weighted by atomic mass is 19.4. The summed E-state index contributed by atoms with van der Waals surface area (Å²) in [7, 11) is 0. The summed E-state index contributed by atoms with van der Waals surface area (Å²) in [4.78, 5) is 30.9. The summed E-state index contributed by atoms with van der Waals surface area (Å²) in [6, 6.07) is 11.1. The van der Waals surface area contributed by atoms with Crippen LogP contribution in [0.4, 0.5) is 24.8 Å². The summed E-state index contributed by atoms with van der Waals surface area (Å²) in [6.45, 7) is 4.13. The number of alkyl halides is 3. The number of benzene rings is 1. The maximum absolute atomic E-state index is 13.5. The standard InChI is InChI=1S/C31H35F3N6O/c1-22-35-17-14-29(37-22)38-28-12-8-24(20-36-28)21-40(27-15-18-39(19-16-27)26-4-2-3-5-26)30(41)13-9-23-6-10-25(11-7-23)31(32,33)34/h6-14,17,20,26-27H,2-5,15-16,18-19,21H2,1H3,(H,35,36,37,38)/b13-9+. The van der Waals surface area contributed by atoms with Gasteiger partial charge in [0, 0.05) is 50.2 Å². The third kappa shape index (κ3) is 7.70. The van der Waals surface area contributed by atoms with E-state index >= 15 is 0 Å². The van der Waals surface area contributed by atoms with Gasteiger partial charge in [-0.1, -0.05) is 31.0 Å². The maximum atomic E-state index is 13.5. The molecule has 5 rings (SSSR count). The van der Waals surface area contributed by atoms with Gasteiger partial charge >= 0.3 is 6.18 Å². The smallest absolute Gasteiger partial charge is 0.332 e. The van der Waals surface area contributed by atoms with E-state index in [9.17, 15) is 18.0 Å². The molecule has 216 valence electrons. The molecule has 0 unspecified atom stereocenters. The number of aryl methyl sites for hydroxylation is 1. The van der Waals surface area contributed by atoms with E-state index in [1.807, 2.05) is 24.0 Å². The van der Waals surface area contributed by atoms with Crippen LogP contribution in [0.15, 0.2) is 60.9 Å². The largest absolute Gasteiger partial charge is 0.416 e. The third-order valence-corrected chi connectivity index (χ3v) is 7.93. The second kappa shape index (κ2) is 12.8. The predicted octanol–water partition coefficient (Wildman–Crippen LogP) is 6.39. The van der Waals surface area contributed by atoms with Crippen LogP contribution in [0.2, 0.25) is 0 Å². The summed E-state index contributed by atoms with van der Waals surface area (Å²) in [5.41, 5.74) is 0.722. The molecule has 2 aromatic heterocycles. The van der Waals surface area contributed by atoms with Crippen molar-refractivity contribution in [3.8, 4) is 0 Å². The monoisotopic (exact) mass is 564 g/mol. The molecular formula is C31H35F3N6O. The number of anilines is 2. The van der Waals surface area contributed by atoms with Crippen LogP contribution in [0.1, 0.15) is 61.0 Å². The van der Waals surface area contributed by atoms with Gasteiger partial charge in [-0.15, -0.1) is 0 Å². The molecule has 10 heteroatoms. The number of nitrogens with one attached hydrogen (secondary N) is 1. The van der Waals surface area contributed by atoms with Crippen molar-refractivity contribution < 1.29 is 18.0 Å². The summed E-state index contributed by atoms with van der Waals surface area (Å²) in [5.74, 6) is 1.78. The van der Waals surface area contributed by atoms with Gasteiger partial charge in [-0.05, 0) is 74.1 Å².